The molecule has 2 aliphatic rings. The molecule has 2 fully saturated rings. The highest BCUT2D eigenvalue weighted by molar-refractivity contribution is 8.19. The maximum absolute atomic E-state index is 12.7. The number of thioether (sulfide) groups is 2. The number of carbonyl (C=O) groups excluding carboxylic acids is 1. The van der Waals surface area contributed by atoms with Crippen molar-refractivity contribution in [2.24, 2.45) is 0 Å². The largest absolute Gasteiger partial charge is 0.321 e. The number of piperidine rings is 1. The van der Waals surface area contributed by atoms with E-state index in [0.717, 1.165) is 37.3 Å². The molecule has 6 nitrogen and oxygen atoms in total. The fourth-order valence-electron chi connectivity index (χ4n) is 3.45. The molecular weight excluding hydrogens is 402 g/mol. The number of nitrogens with zero attached hydrogens (tertiary/aromatic N) is 3. The first-order chi connectivity index (χ1) is 12.7. The molecule has 2 aromatic rings. The molecule has 146 valence electrons. The smallest absolute Gasteiger partial charge is 0.278 e. The van der Waals surface area contributed by atoms with E-state index in [-0.39, 0.29) is 18.3 Å². The lowest BCUT2D eigenvalue weighted by atomic mass is 10.1. The summed E-state index contributed by atoms with van der Waals surface area (Å²) < 4.78 is 2.38. The summed E-state index contributed by atoms with van der Waals surface area (Å²) in [5.74, 6) is 2.18. The number of carbonyl (C=O) groups is 1. The molecule has 0 atom stereocenters. The van der Waals surface area contributed by atoms with Gasteiger partial charge in [0.2, 0.25) is 0 Å². The van der Waals surface area contributed by atoms with Gasteiger partial charge in [-0.25, -0.2) is 4.68 Å². The van der Waals surface area contributed by atoms with Crippen LogP contribution in [0, 0.1) is 6.92 Å². The van der Waals surface area contributed by atoms with Crippen molar-refractivity contribution in [2.75, 3.05) is 29.9 Å². The average molecular weight is 426 g/mol. The Morgan fingerprint density at radius 2 is 2.00 bits per heavy atom. The highest BCUT2D eigenvalue weighted by Crippen LogP contribution is 2.45. The van der Waals surface area contributed by atoms with Crippen LogP contribution in [-0.4, -0.2) is 45.5 Å². The Morgan fingerprint density at radius 1 is 1.26 bits per heavy atom. The van der Waals surface area contributed by atoms with Crippen molar-refractivity contribution >= 4 is 47.5 Å². The number of nitrogens with one attached hydrogen (secondary N) is 2. The highest BCUT2D eigenvalue weighted by atomic mass is 35.5. The molecule has 0 spiro atoms. The van der Waals surface area contributed by atoms with Gasteiger partial charge in [0.15, 0.2) is 5.69 Å². The molecule has 1 amide bonds. The molecule has 0 unspecified atom stereocenters. The third kappa shape index (κ3) is 4.62. The summed E-state index contributed by atoms with van der Waals surface area (Å²) in [6, 6.07) is 8.46. The van der Waals surface area contributed by atoms with Crippen LogP contribution in [0.2, 0.25) is 0 Å². The van der Waals surface area contributed by atoms with Crippen LogP contribution in [0.4, 0.5) is 5.69 Å². The van der Waals surface area contributed by atoms with E-state index in [1.165, 1.54) is 17.1 Å². The minimum absolute atomic E-state index is 0. The molecule has 2 aliphatic heterocycles. The molecule has 3 heterocycles. The number of hydrogen-bond donors (Lipinski definition) is 2. The maximum Gasteiger partial charge on any atom is 0.278 e. The molecule has 2 saturated heterocycles. The predicted octanol–water partition coefficient (Wildman–Crippen LogP) is 3.66. The summed E-state index contributed by atoms with van der Waals surface area (Å²) in [4.78, 5) is 12.7. The van der Waals surface area contributed by atoms with E-state index in [1.807, 2.05) is 47.3 Å². The van der Waals surface area contributed by atoms with Gasteiger partial charge in [-0.1, -0.05) is 17.3 Å². The first-order valence-corrected chi connectivity index (χ1v) is 11.1. The number of benzene rings is 1. The standard InChI is InChI=1S/C18H23N5OS2.ClH/c1-12-16(21-22-23(12)15-5-7-19-8-6-15)17(24)20-14-4-2-3-13(11-14)18-25-9-10-26-18;/h2-4,11,15,18-19H,5-10H2,1H3,(H,20,24);1H. The van der Waals surface area contributed by atoms with Crippen LogP contribution in [0.15, 0.2) is 24.3 Å². The van der Waals surface area contributed by atoms with Gasteiger partial charge in [0.1, 0.15) is 0 Å². The molecule has 0 aliphatic carbocycles. The summed E-state index contributed by atoms with van der Waals surface area (Å²) in [6.45, 7) is 3.89. The van der Waals surface area contributed by atoms with Gasteiger partial charge in [-0.15, -0.1) is 41.0 Å². The van der Waals surface area contributed by atoms with Gasteiger partial charge in [0.05, 0.1) is 16.3 Å². The Bertz CT molecular complexity index is 788. The van der Waals surface area contributed by atoms with E-state index in [1.54, 1.807) is 0 Å². The van der Waals surface area contributed by atoms with E-state index in [9.17, 15) is 4.79 Å². The van der Waals surface area contributed by atoms with E-state index in [2.05, 4.69) is 33.1 Å². The monoisotopic (exact) mass is 425 g/mol. The lowest BCUT2D eigenvalue weighted by Crippen LogP contribution is -2.30. The van der Waals surface area contributed by atoms with Crippen LogP contribution in [0.5, 0.6) is 0 Å². The number of aromatic nitrogens is 3. The Kier molecular flexibility index (Phi) is 7.08. The molecule has 1 aromatic carbocycles. The number of rotatable bonds is 4. The van der Waals surface area contributed by atoms with Crippen molar-refractivity contribution in [3.05, 3.63) is 41.2 Å². The van der Waals surface area contributed by atoms with Crippen molar-refractivity contribution in [3.8, 4) is 0 Å². The third-order valence-electron chi connectivity index (χ3n) is 4.84. The van der Waals surface area contributed by atoms with Gasteiger partial charge in [-0.3, -0.25) is 4.79 Å². The van der Waals surface area contributed by atoms with Crippen molar-refractivity contribution in [2.45, 2.75) is 30.4 Å². The van der Waals surface area contributed by atoms with Gasteiger partial charge in [0, 0.05) is 17.2 Å². The molecule has 4 rings (SSSR count). The molecule has 0 radical (unpaired) electrons. The van der Waals surface area contributed by atoms with Crippen LogP contribution < -0.4 is 10.6 Å². The zero-order valence-electron chi connectivity index (χ0n) is 15.2. The third-order valence-corrected chi connectivity index (χ3v) is 7.94. The molecule has 0 saturated carbocycles. The first kappa shape index (κ1) is 20.5. The van der Waals surface area contributed by atoms with Gasteiger partial charge in [-0.05, 0) is 50.6 Å². The van der Waals surface area contributed by atoms with Crippen LogP contribution in [-0.2, 0) is 0 Å². The quantitative estimate of drug-likeness (QED) is 0.778. The normalized spacial score (nSPS) is 18.3. The fourth-order valence-corrected chi connectivity index (χ4v) is 6.29. The summed E-state index contributed by atoms with van der Waals surface area (Å²) in [7, 11) is 0. The summed E-state index contributed by atoms with van der Waals surface area (Å²) in [6.07, 6.45) is 2.04. The molecule has 2 N–H and O–H groups in total. The molecule has 27 heavy (non-hydrogen) atoms. The van der Waals surface area contributed by atoms with Gasteiger partial charge < -0.3 is 10.6 Å². The summed E-state index contributed by atoms with van der Waals surface area (Å²) >= 11 is 3.92. The summed E-state index contributed by atoms with van der Waals surface area (Å²) in [5, 5.41) is 14.8. The van der Waals surface area contributed by atoms with E-state index >= 15 is 0 Å². The second kappa shape index (κ2) is 9.32. The van der Waals surface area contributed by atoms with Crippen LogP contribution in [0.1, 0.15) is 45.2 Å². The predicted molar refractivity (Wildman–Crippen MR) is 115 cm³/mol. The second-order valence-corrected chi connectivity index (χ2v) is 9.33. The van der Waals surface area contributed by atoms with Gasteiger partial charge in [-0.2, -0.15) is 0 Å². The van der Waals surface area contributed by atoms with Crippen molar-refractivity contribution in [1.29, 1.82) is 0 Å². The van der Waals surface area contributed by atoms with Crippen LogP contribution in [0.3, 0.4) is 0 Å². The lowest BCUT2D eigenvalue weighted by molar-refractivity contribution is 0.102. The van der Waals surface area contributed by atoms with Gasteiger partial charge >= 0.3 is 0 Å². The minimum Gasteiger partial charge on any atom is -0.321 e. The minimum atomic E-state index is -0.188. The number of halogens is 1. The summed E-state index contributed by atoms with van der Waals surface area (Å²) in [5.41, 5.74) is 3.33. The van der Waals surface area contributed by atoms with E-state index in [0.29, 0.717) is 16.3 Å². The number of amides is 1. The average Bonchev–Trinajstić information content (AvgIpc) is 3.32. The topological polar surface area (TPSA) is 71.8 Å². The Hall–Kier alpha value is -1.22. The van der Waals surface area contributed by atoms with Crippen molar-refractivity contribution < 1.29 is 4.79 Å². The van der Waals surface area contributed by atoms with Crippen molar-refractivity contribution in [1.82, 2.24) is 20.3 Å². The van der Waals surface area contributed by atoms with E-state index < -0.39 is 0 Å². The van der Waals surface area contributed by atoms with Crippen LogP contribution in [0.25, 0.3) is 0 Å². The molecule has 0 bridgehead atoms. The zero-order chi connectivity index (χ0) is 17.9. The van der Waals surface area contributed by atoms with E-state index in [4.69, 9.17) is 0 Å². The number of anilines is 1. The second-order valence-electron chi connectivity index (χ2n) is 6.60. The van der Waals surface area contributed by atoms with Crippen molar-refractivity contribution in [3.63, 3.8) is 0 Å². The Labute approximate surface area is 174 Å². The SMILES string of the molecule is Cc1c(C(=O)Nc2cccc(C3SCCS3)c2)nnn1C1CCNCC1.Cl. The molecule has 1 aromatic heterocycles. The van der Waals surface area contributed by atoms with Crippen LogP contribution >= 0.6 is 35.9 Å². The molecular formula is C18H24ClN5OS2. The fraction of sp³-hybridized carbons (Fsp3) is 0.500. The number of hydrogen-bond acceptors (Lipinski definition) is 6. The Balaban J connectivity index is 0.00000210. The maximum atomic E-state index is 12.7. The lowest BCUT2D eigenvalue weighted by Gasteiger charge is -2.23. The van der Waals surface area contributed by atoms with Gasteiger partial charge in [0.25, 0.3) is 5.91 Å². The first-order valence-electron chi connectivity index (χ1n) is 8.99. The highest BCUT2D eigenvalue weighted by Gasteiger charge is 2.23. The zero-order valence-corrected chi connectivity index (χ0v) is 17.6. The Morgan fingerprint density at radius 3 is 2.74 bits per heavy atom. The molecule has 9 heteroatoms.